The Bertz CT molecular complexity index is 301. The second-order valence-electron chi connectivity index (χ2n) is 4.88. The van der Waals surface area contributed by atoms with Crippen molar-refractivity contribution in [2.75, 3.05) is 13.2 Å². The van der Waals surface area contributed by atoms with E-state index < -0.39 is 0 Å². The Balaban J connectivity index is 2.45. The molecule has 1 rings (SSSR count). The first-order chi connectivity index (χ1) is 7.51. The van der Waals surface area contributed by atoms with Gasteiger partial charge in [-0.3, -0.25) is 0 Å². The Kier molecular flexibility index (Phi) is 4.77. The first-order valence-corrected chi connectivity index (χ1v) is 5.68. The fraction of sp³-hybridized carbons (Fsp3) is 0.538. The zero-order valence-corrected chi connectivity index (χ0v) is 10.4. The summed E-state index contributed by atoms with van der Waals surface area (Å²) in [4.78, 5) is 0. The van der Waals surface area contributed by atoms with Gasteiger partial charge in [-0.2, -0.15) is 0 Å². The highest BCUT2D eigenvalue weighted by Gasteiger charge is 2.07. The molecule has 0 atom stereocenters. The molecule has 3 N–H and O–H groups in total. The van der Waals surface area contributed by atoms with Crippen molar-refractivity contribution in [2.24, 2.45) is 5.73 Å². The van der Waals surface area contributed by atoms with Gasteiger partial charge in [0, 0.05) is 18.6 Å². The van der Waals surface area contributed by atoms with E-state index in [-0.39, 0.29) is 5.54 Å². The van der Waals surface area contributed by atoms with Crippen molar-refractivity contribution in [1.29, 1.82) is 0 Å². The van der Waals surface area contributed by atoms with Gasteiger partial charge < -0.3 is 15.8 Å². The molecule has 1 aromatic carbocycles. The van der Waals surface area contributed by atoms with E-state index in [0.717, 1.165) is 12.3 Å². The summed E-state index contributed by atoms with van der Waals surface area (Å²) in [6.07, 6.45) is 0. The van der Waals surface area contributed by atoms with E-state index in [2.05, 4.69) is 38.2 Å². The summed E-state index contributed by atoms with van der Waals surface area (Å²) in [6.45, 7) is 8.47. The van der Waals surface area contributed by atoms with E-state index in [4.69, 9.17) is 10.5 Å². The summed E-state index contributed by atoms with van der Waals surface area (Å²) in [5.74, 6) is 0.880. The molecule has 0 heterocycles. The van der Waals surface area contributed by atoms with Crippen LogP contribution in [0, 0.1) is 0 Å². The zero-order chi connectivity index (χ0) is 12.0. The van der Waals surface area contributed by atoms with Gasteiger partial charge in [0.15, 0.2) is 0 Å². The zero-order valence-electron chi connectivity index (χ0n) is 10.4. The van der Waals surface area contributed by atoms with Crippen LogP contribution in [0.3, 0.4) is 0 Å². The molecule has 0 fully saturated rings. The molecule has 3 heteroatoms. The van der Waals surface area contributed by atoms with Crippen LogP contribution in [0.15, 0.2) is 24.3 Å². The van der Waals surface area contributed by atoms with E-state index in [1.165, 1.54) is 5.56 Å². The smallest absolute Gasteiger partial charge is 0.119 e. The van der Waals surface area contributed by atoms with E-state index in [9.17, 15) is 0 Å². The van der Waals surface area contributed by atoms with Gasteiger partial charge in [0.25, 0.3) is 0 Å². The molecule has 0 aromatic heterocycles. The minimum Gasteiger partial charge on any atom is -0.492 e. The van der Waals surface area contributed by atoms with Crippen LogP contribution < -0.4 is 15.8 Å². The number of hydrogen-bond donors (Lipinski definition) is 2. The topological polar surface area (TPSA) is 47.3 Å². The lowest BCUT2D eigenvalue weighted by Gasteiger charge is -2.20. The molecule has 0 saturated heterocycles. The van der Waals surface area contributed by atoms with Gasteiger partial charge in [-0.1, -0.05) is 12.1 Å². The quantitative estimate of drug-likeness (QED) is 0.800. The van der Waals surface area contributed by atoms with Crippen molar-refractivity contribution >= 4 is 0 Å². The highest BCUT2D eigenvalue weighted by Crippen LogP contribution is 2.12. The van der Waals surface area contributed by atoms with E-state index in [0.29, 0.717) is 13.2 Å². The largest absolute Gasteiger partial charge is 0.492 e. The molecule has 0 unspecified atom stereocenters. The lowest BCUT2D eigenvalue weighted by atomic mass is 10.1. The van der Waals surface area contributed by atoms with Crippen molar-refractivity contribution in [2.45, 2.75) is 32.9 Å². The summed E-state index contributed by atoms with van der Waals surface area (Å²) >= 11 is 0. The van der Waals surface area contributed by atoms with Gasteiger partial charge in [-0.05, 0) is 38.5 Å². The number of rotatable bonds is 5. The first-order valence-electron chi connectivity index (χ1n) is 5.68. The van der Waals surface area contributed by atoms with Crippen molar-refractivity contribution in [3.63, 3.8) is 0 Å². The standard InChI is InChI=1S/C13H22N2O/c1-13(2,3)15-10-11-4-6-12(7-5-11)16-9-8-14/h4-7,15H,8-10,14H2,1-3H3. The predicted molar refractivity (Wildman–Crippen MR) is 67.6 cm³/mol. The Hall–Kier alpha value is -1.06. The lowest BCUT2D eigenvalue weighted by Crippen LogP contribution is -2.35. The summed E-state index contributed by atoms with van der Waals surface area (Å²) in [5, 5.41) is 3.44. The third-order valence-corrected chi connectivity index (χ3v) is 2.13. The molecule has 0 aliphatic heterocycles. The molecule has 90 valence electrons. The number of ether oxygens (including phenoxy) is 1. The number of benzene rings is 1. The maximum Gasteiger partial charge on any atom is 0.119 e. The fourth-order valence-electron chi connectivity index (χ4n) is 1.25. The third-order valence-electron chi connectivity index (χ3n) is 2.13. The van der Waals surface area contributed by atoms with Crippen molar-refractivity contribution in [3.05, 3.63) is 29.8 Å². The molecule has 0 aliphatic carbocycles. The predicted octanol–water partition coefficient (Wildman–Crippen LogP) is 1.91. The highest BCUT2D eigenvalue weighted by atomic mass is 16.5. The molecular formula is C13H22N2O. The van der Waals surface area contributed by atoms with Crippen molar-refractivity contribution in [3.8, 4) is 5.75 Å². The van der Waals surface area contributed by atoms with Crippen molar-refractivity contribution in [1.82, 2.24) is 5.32 Å². The Morgan fingerprint density at radius 2 is 1.81 bits per heavy atom. The highest BCUT2D eigenvalue weighted by molar-refractivity contribution is 5.27. The van der Waals surface area contributed by atoms with Crippen LogP contribution in [-0.4, -0.2) is 18.7 Å². The molecule has 0 bridgehead atoms. The molecule has 0 aliphatic rings. The van der Waals surface area contributed by atoms with Gasteiger partial charge in [-0.15, -0.1) is 0 Å². The Morgan fingerprint density at radius 3 is 2.31 bits per heavy atom. The average molecular weight is 222 g/mol. The second kappa shape index (κ2) is 5.87. The maximum atomic E-state index is 5.41. The summed E-state index contributed by atoms with van der Waals surface area (Å²) in [7, 11) is 0. The fourth-order valence-corrected chi connectivity index (χ4v) is 1.25. The molecule has 0 radical (unpaired) electrons. The molecule has 0 saturated carbocycles. The molecule has 1 aromatic rings. The van der Waals surface area contributed by atoms with Gasteiger partial charge in [0.1, 0.15) is 12.4 Å². The van der Waals surface area contributed by atoms with Gasteiger partial charge in [0.05, 0.1) is 0 Å². The molecule has 0 amide bonds. The van der Waals surface area contributed by atoms with Crippen molar-refractivity contribution < 1.29 is 4.74 Å². The number of nitrogens with two attached hydrogens (primary N) is 1. The van der Waals surface area contributed by atoms with Crippen LogP contribution in [0.4, 0.5) is 0 Å². The van der Waals surface area contributed by atoms with Gasteiger partial charge >= 0.3 is 0 Å². The van der Waals surface area contributed by atoms with Crippen LogP contribution in [0.2, 0.25) is 0 Å². The lowest BCUT2D eigenvalue weighted by molar-refractivity contribution is 0.328. The van der Waals surface area contributed by atoms with Crippen LogP contribution in [0.25, 0.3) is 0 Å². The van der Waals surface area contributed by atoms with E-state index in [1.807, 2.05) is 12.1 Å². The monoisotopic (exact) mass is 222 g/mol. The van der Waals surface area contributed by atoms with Crippen LogP contribution in [0.5, 0.6) is 5.75 Å². The molecule has 0 spiro atoms. The van der Waals surface area contributed by atoms with Crippen LogP contribution >= 0.6 is 0 Å². The third kappa shape index (κ3) is 5.14. The van der Waals surface area contributed by atoms with Crippen LogP contribution in [0.1, 0.15) is 26.3 Å². The summed E-state index contributed by atoms with van der Waals surface area (Å²) in [6, 6.07) is 8.11. The number of hydrogen-bond acceptors (Lipinski definition) is 3. The maximum absolute atomic E-state index is 5.41. The minimum absolute atomic E-state index is 0.148. The second-order valence-corrected chi connectivity index (χ2v) is 4.88. The summed E-state index contributed by atoms with van der Waals surface area (Å²) < 4.78 is 5.41. The number of nitrogens with one attached hydrogen (secondary N) is 1. The average Bonchev–Trinajstić information content (AvgIpc) is 2.24. The minimum atomic E-state index is 0.148. The Labute approximate surface area is 98.0 Å². The summed E-state index contributed by atoms with van der Waals surface area (Å²) in [5.41, 5.74) is 6.77. The molecule has 16 heavy (non-hydrogen) atoms. The van der Waals surface area contributed by atoms with Gasteiger partial charge in [-0.25, -0.2) is 0 Å². The SMILES string of the molecule is CC(C)(C)NCc1ccc(OCCN)cc1. The molecule has 3 nitrogen and oxygen atoms in total. The van der Waals surface area contributed by atoms with E-state index in [1.54, 1.807) is 0 Å². The molecular weight excluding hydrogens is 200 g/mol. The van der Waals surface area contributed by atoms with Crippen LogP contribution in [-0.2, 0) is 6.54 Å². The normalized spacial score (nSPS) is 11.5. The van der Waals surface area contributed by atoms with E-state index >= 15 is 0 Å². The first kappa shape index (κ1) is 13.0. The Morgan fingerprint density at radius 1 is 1.19 bits per heavy atom. The van der Waals surface area contributed by atoms with Gasteiger partial charge in [0.2, 0.25) is 0 Å².